The number of hydrogen-bond donors (Lipinski definition) is 1. The number of hydrogen-bond acceptors (Lipinski definition) is 5. The van der Waals surface area contributed by atoms with E-state index in [9.17, 15) is 14.7 Å². The van der Waals surface area contributed by atoms with Crippen LogP contribution in [-0.2, 0) is 16.0 Å². The van der Waals surface area contributed by atoms with Crippen molar-refractivity contribution in [3.05, 3.63) is 107 Å². The molecule has 7 heteroatoms. The number of aromatic nitrogens is 3. The van der Waals surface area contributed by atoms with Crippen LogP contribution in [0.2, 0.25) is 0 Å². The second-order valence-electron chi connectivity index (χ2n) is 8.45. The molecule has 3 aromatic heterocycles. The van der Waals surface area contributed by atoms with Gasteiger partial charge in [0.2, 0.25) is 0 Å². The molecule has 1 fully saturated rings. The van der Waals surface area contributed by atoms with Gasteiger partial charge in [0.1, 0.15) is 11.3 Å². The van der Waals surface area contributed by atoms with Gasteiger partial charge in [-0.3, -0.25) is 14.6 Å². The van der Waals surface area contributed by atoms with Gasteiger partial charge >= 0.3 is 0 Å². The molecule has 0 aliphatic carbocycles. The molecule has 1 unspecified atom stereocenters. The summed E-state index contributed by atoms with van der Waals surface area (Å²) >= 11 is 0. The number of aliphatic hydroxyl groups excluding tert-OH is 1. The summed E-state index contributed by atoms with van der Waals surface area (Å²) in [6.07, 6.45) is 5.70. The number of imidazole rings is 1. The van der Waals surface area contributed by atoms with Crippen LogP contribution in [0.15, 0.2) is 78.8 Å². The maximum absolute atomic E-state index is 13.3. The summed E-state index contributed by atoms with van der Waals surface area (Å²) in [6, 6.07) is 16.4. The number of rotatable bonds is 5. The number of fused-ring (bicyclic) bond motifs is 1. The van der Waals surface area contributed by atoms with Crippen molar-refractivity contribution in [1.29, 1.82) is 0 Å². The first kappa shape index (κ1) is 21.6. The van der Waals surface area contributed by atoms with E-state index in [2.05, 4.69) is 9.97 Å². The molecule has 1 amide bonds. The fourth-order valence-corrected chi connectivity index (χ4v) is 4.56. The Bertz CT molecular complexity index is 1420. The Labute approximate surface area is 197 Å². The summed E-state index contributed by atoms with van der Waals surface area (Å²) in [6.45, 7) is 4.09. The van der Waals surface area contributed by atoms with Crippen LogP contribution in [-0.4, -0.2) is 42.6 Å². The largest absolute Gasteiger partial charge is 0.505 e. The monoisotopic (exact) mass is 452 g/mol. The lowest BCUT2D eigenvalue weighted by Crippen LogP contribution is -2.31. The van der Waals surface area contributed by atoms with Gasteiger partial charge in [-0.2, -0.15) is 0 Å². The SMILES string of the molecule is Cc1cccn2c(C)c(/C(O)=C3\C(=O)C(=O)N(CCc4ccccc4)C3c3cccnc3)nc12. The van der Waals surface area contributed by atoms with Crippen LogP contribution >= 0.6 is 0 Å². The van der Waals surface area contributed by atoms with Crippen LogP contribution in [0.5, 0.6) is 0 Å². The van der Waals surface area contributed by atoms with E-state index in [1.54, 1.807) is 18.5 Å². The molecule has 1 saturated heterocycles. The quantitative estimate of drug-likeness (QED) is 0.281. The van der Waals surface area contributed by atoms with E-state index >= 15 is 0 Å². The Morgan fingerprint density at radius 1 is 1.03 bits per heavy atom. The molecular weight excluding hydrogens is 428 g/mol. The summed E-state index contributed by atoms with van der Waals surface area (Å²) in [4.78, 5) is 36.7. The van der Waals surface area contributed by atoms with Gasteiger partial charge in [-0.05, 0) is 49.1 Å². The molecule has 1 aliphatic heterocycles. The highest BCUT2D eigenvalue weighted by Crippen LogP contribution is 2.39. The van der Waals surface area contributed by atoms with Crippen LogP contribution in [0.1, 0.15) is 34.1 Å². The number of benzene rings is 1. The van der Waals surface area contributed by atoms with Gasteiger partial charge in [0.05, 0.1) is 17.3 Å². The first-order valence-corrected chi connectivity index (χ1v) is 11.1. The fraction of sp³-hybridized carbons (Fsp3) is 0.185. The molecule has 0 saturated carbocycles. The number of amides is 1. The second-order valence-corrected chi connectivity index (χ2v) is 8.45. The summed E-state index contributed by atoms with van der Waals surface area (Å²) in [5, 5.41) is 11.4. The highest BCUT2D eigenvalue weighted by molar-refractivity contribution is 6.46. The second kappa shape index (κ2) is 8.59. The average Bonchev–Trinajstić information content (AvgIpc) is 3.33. The molecule has 0 bridgehead atoms. The van der Waals surface area contributed by atoms with E-state index in [0.717, 1.165) is 11.1 Å². The molecule has 4 aromatic rings. The smallest absolute Gasteiger partial charge is 0.295 e. The minimum Gasteiger partial charge on any atom is -0.505 e. The number of carbonyl (C=O) groups is 2. The minimum absolute atomic E-state index is 0.0372. The average molecular weight is 453 g/mol. The third-order valence-corrected chi connectivity index (χ3v) is 6.33. The molecule has 1 aromatic carbocycles. The van der Waals surface area contributed by atoms with Crippen LogP contribution in [0.3, 0.4) is 0 Å². The first-order valence-electron chi connectivity index (χ1n) is 11.1. The topological polar surface area (TPSA) is 87.8 Å². The normalized spacial score (nSPS) is 17.6. The minimum atomic E-state index is -0.747. The van der Waals surface area contributed by atoms with Crippen molar-refractivity contribution < 1.29 is 14.7 Å². The number of nitrogens with zero attached hydrogens (tertiary/aromatic N) is 4. The third kappa shape index (κ3) is 3.55. The van der Waals surface area contributed by atoms with Gasteiger partial charge in [0.15, 0.2) is 5.76 Å². The van der Waals surface area contributed by atoms with Gasteiger partial charge in [0, 0.05) is 25.1 Å². The fourth-order valence-electron chi connectivity index (χ4n) is 4.56. The molecule has 1 N–H and O–H groups in total. The summed E-state index contributed by atoms with van der Waals surface area (Å²) in [7, 11) is 0. The molecule has 4 heterocycles. The Morgan fingerprint density at radius 2 is 1.82 bits per heavy atom. The lowest BCUT2D eigenvalue weighted by atomic mass is 9.97. The van der Waals surface area contributed by atoms with Gasteiger partial charge < -0.3 is 14.4 Å². The van der Waals surface area contributed by atoms with E-state index in [-0.39, 0.29) is 11.3 Å². The van der Waals surface area contributed by atoms with E-state index in [1.807, 2.05) is 73.0 Å². The number of likely N-dealkylation sites (tertiary alicyclic amines) is 1. The Kier molecular flexibility index (Phi) is 5.45. The zero-order valence-corrected chi connectivity index (χ0v) is 19.0. The Hall–Kier alpha value is -4.26. The van der Waals surface area contributed by atoms with E-state index in [4.69, 9.17) is 0 Å². The number of carbonyl (C=O) groups excluding carboxylic acids is 2. The molecule has 1 aliphatic rings. The maximum Gasteiger partial charge on any atom is 0.295 e. The summed E-state index contributed by atoms with van der Waals surface area (Å²) in [5.74, 6) is -1.62. The highest BCUT2D eigenvalue weighted by atomic mass is 16.3. The lowest BCUT2D eigenvalue weighted by Gasteiger charge is -2.25. The van der Waals surface area contributed by atoms with E-state index in [0.29, 0.717) is 35.6 Å². The van der Waals surface area contributed by atoms with Crippen LogP contribution in [0.25, 0.3) is 11.4 Å². The van der Waals surface area contributed by atoms with Crippen LogP contribution in [0, 0.1) is 13.8 Å². The zero-order valence-electron chi connectivity index (χ0n) is 19.0. The zero-order chi connectivity index (χ0) is 23.8. The van der Waals surface area contributed by atoms with Crippen molar-refractivity contribution >= 4 is 23.1 Å². The van der Waals surface area contributed by atoms with E-state index < -0.39 is 17.7 Å². The molecule has 34 heavy (non-hydrogen) atoms. The Balaban J connectivity index is 1.63. The van der Waals surface area contributed by atoms with Crippen molar-refractivity contribution in [2.75, 3.05) is 6.54 Å². The first-order chi connectivity index (χ1) is 16.5. The predicted octanol–water partition coefficient (Wildman–Crippen LogP) is 4.01. The van der Waals surface area contributed by atoms with Gasteiger partial charge in [0.25, 0.3) is 11.7 Å². The van der Waals surface area contributed by atoms with Gasteiger partial charge in [-0.25, -0.2) is 4.98 Å². The van der Waals surface area contributed by atoms with Crippen molar-refractivity contribution in [3.8, 4) is 0 Å². The molecule has 1 atom stereocenters. The van der Waals surface area contributed by atoms with Crippen molar-refractivity contribution in [3.63, 3.8) is 0 Å². The number of Topliss-reactive ketones (excluding diaryl/α,β-unsaturated/α-hetero) is 1. The van der Waals surface area contributed by atoms with Crippen molar-refractivity contribution in [2.24, 2.45) is 0 Å². The van der Waals surface area contributed by atoms with Crippen LogP contribution in [0.4, 0.5) is 0 Å². The number of aliphatic hydroxyl groups is 1. The van der Waals surface area contributed by atoms with Crippen molar-refractivity contribution in [1.82, 2.24) is 19.3 Å². The molecular formula is C27H24N4O3. The Morgan fingerprint density at radius 3 is 2.53 bits per heavy atom. The standard InChI is InChI=1S/C27H24N4O3/c1-17-8-7-14-30-18(2)22(29-26(17)30)24(32)21-23(20-11-6-13-28-16-20)31(27(34)25(21)33)15-12-19-9-4-3-5-10-19/h3-11,13-14,16,23,32H,12,15H2,1-2H3/b24-21+. The van der Waals surface area contributed by atoms with Gasteiger partial charge in [-0.15, -0.1) is 0 Å². The number of pyridine rings is 2. The molecule has 0 spiro atoms. The maximum atomic E-state index is 13.3. The molecule has 7 nitrogen and oxygen atoms in total. The third-order valence-electron chi connectivity index (χ3n) is 6.33. The molecule has 0 radical (unpaired) electrons. The lowest BCUT2D eigenvalue weighted by molar-refractivity contribution is -0.139. The summed E-state index contributed by atoms with van der Waals surface area (Å²) < 4.78 is 1.87. The molecule has 5 rings (SSSR count). The number of ketones is 1. The summed E-state index contributed by atoms with van der Waals surface area (Å²) in [5.41, 5.74) is 4.38. The molecule has 170 valence electrons. The van der Waals surface area contributed by atoms with Crippen LogP contribution < -0.4 is 0 Å². The van der Waals surface area contributed by atoms with Crippen molar-refractivity contribution in [2.45, 2.75) is 26.3 Å². The highest BCUT2D eigenvalue weighted by Gasteiger charge is 2.46. The predicted molar refractivity (Wildman–Crippen MR) is 128 cm³/mol. The van der Waals surface area contributed by atoms with Gasteiger partial charge in [-0.1, -0.05) is 42.5 Å². The number of aryl methyl sites for hydroxylation is 2. The van der Waals surface area contributed by atoms with E-state index in [1.165, 1.54) is 4.90 Å².